The molecule has 0 fully saturated rings. The van der Waals surface area contributed by atoms with Crippen LogP contribution in [0.25, 0.3) is 77.2 Å². The molecule has 2 nitrogen and oxygen atoms in total. The lowest BCUT2D eigenvalue weighted by molar-refractivity contribution is 0.770. The molecule has 0 amide bonds. The summed E-state index contributed by atoms with van der Waals surface area (Å²) in [6.07, 6.45) is 0. The summed E-state index contributed by atoms with van der Waals surface area (Å²) >= 11 is 0. The van der Waals surface area contributed by atoms with Crippen LogP contribution in [0.4, 0.5) is 0 Å². The first-order valence-electron chi connectivity index (χ1n) is 26.4. The Balaban J connectivity index is 0.936. The van der Waals surface area contributed by atoms with Gasteiger partial charge in [-0.1, -0.05) is 255 Å². The second kappa shape index (κ2) is 17.6. The van der Waals surface area contributed by atoms with Gasteiger partial charge in [0.15, 0.2) is 8.07 Å². The smallest absolute Gasteiger partial charge is 0.179 e. The van der Waals surface area contributed by atoms with Gasteiger partial charge in [0.1, 0.15) is 0 Å². The molecule has 0 saturated heterocycles. The largest absolute Gasteiger partial charge is 0.309 e. The van der Waals surface area contributed by atoms with Crippen molar-refractivity contribution in [2.75, 3.05) is 0 Å². The number of para-hydroxylation sites is 2. The molecule has 15 rings (SSSR count). The van der Waals surface area contributed by atoms with Crippen molar-refractivity contribution in [3.8, 4) is 33.6 Å². The third-order valence-corrected chi connectivity index (χ3v) is 21.3. The maximum absolute atomic E-state index is 2.81. The summed E-state index contributed by atoms with van der Waals surface area (Å²) in [5.74, 6) is 0. The molecule has 3 heteroatoms. The van der Waals surface area contributed by atoms with E-state index in [0.717, 1.165) is 11.4 Å². The lowest BCUT2D eigenvalue weighted by Gasteiger charge is -2.35. The Bertz CT molecular complexity index is 4360. The third-order valence-electron chi connectivity index (χ3n) is 16.5. The van der Waals surface area contributed by atoms with E-state index in [0.29, 0.717) is 0 Å². The van der Waals surface area contributed by atoms with Gasteiger partial charge in [-0.3, -0.25) is 0 Å². The normalized spacial score (nSPS) is 12.8. The fourth-order valence-corrected chi connectivity index (χ4v) is 18.3. The van der Waals surface area contributed by atoms with Crippen molar-refractivity contribution in [3.63, 3.8) is 0 Å². The second-order valence-corrected chi connectivity index (χ2v) is 24.1. The minimum absolute atomic E-state index is 0.518. The lowest BCUT2D eigenvalue weighted by Crippen LogP contribution is -2.74. The highest BCUT2D eigenvalue weighted by Gasteiger charge is 2.47. The highest BCUT2D eigenvalue weighted by Crippen LogP contribution is 2.59. The van der Waals surface area contributed by atoms with Gasteiger partial charge in [-0.05, 0) is 114 Å². The quantitative estimate of drug-likeness (QED) is 0.101. The molecule has 2 aromatic heterocycles. The summed E-state index contributed by atoms with van der Waals surface area (Å²) in [4.78, 5) is 0. The molecule has 0 spiro atoms. The fourth-order valence-electron chi connectivity index (χ4n) is 13.5. The molecule has 0 radical (unpaired) electrons. The minimum atomic E-state index is -2.81. The van der Waals surface area contributed by atoms with Gasteiger partial charge in [0.05, 0.1) is 27.5 Å². The van der Waals surface area contributed by atoms with Crippen molar-refractivity contribution in [1.29, 1.82) is 0 Å². The zero-order valence-corrected chi connectivity index (χ0v) is 42.8. The lowest BCUT2D eigenvalue weighted by atomic mass is 9.66. The van der Waals surface area contributed by atoms with Crippen LogP contribution in [-0.4, -0.2) is 17.2 Å². The summed E-state index contributed by atoms with van der Waals surface area (Å²) in [7, 11) is -2.81. The van der Waals surface area contributed by atoms with E-state index < -0.39 is 13.5 Å². The van der Waals surface area contributed by atoms with E-state index in [1.54, 1.807) is 0 Å². The molecule has 14 aromatic rings. The number of benzene rings is 12. The Kier molecular flexibility index (Phi) is 10.2. The fraction of sp³-hybridized carbons (Fsp3) is 0.0137. The van der Waals surface area contributed by atoms with Crippen LogP contribution in [0, 0.1) is 0 Å². The van der Waals surface area contributed by atoms with Gasteiger partial charge in [0.25, 0.3) is 0 Å². The summed E-state index contributed by atoms with van der Waals surface area (Å²) in [6, 6.07) is 113. The van der Waals surface area contributed by atoms with E-state index in [4.69, 9.17) is 0 Å². The molecule has 0 aliphatic heterocycles. The van der Waals surface area contributed by atoms with Gasteiger partial charge in [-0.15, -0.1) is 0 Å². The highest BCUT2D eigenvalue weighted by molar-refractivity contribution is 7.19. The van der Waals surface area contributed by atoms with E-state index in [2.05, 4.69) is 312 Å². The van der Waals surface area contributed by atoms with Crippen LogP contribution >= 0.6 is 0 Å². The number of hydrogen-bond acceptors (Lipinski definition) is 0. The first kappa shape index (κ1) is 44.0. The van der Waals surface area contributed by atoms with Crippen molar-refractivity contribution >= 4 is 72.4 Å². The zero-order valence-electron chi connectivity index (χ0n) is 41.8. The molecule has 12 aromatic carbocycles. The predicted octanol–water partition coefficient (Wildman–Crippen LogP) is 15.3. The Labute approximate surface area is 443 Å². The van der Waals surface area contributed by atoms with Crippen molar-refractivity contribution < 1.29 is 0 Å². The molecule has 0 N–H and O–H groups in total. The van der Waals surface area contributed by atoms with Gasteiger partial charge in [-0.25, -0.2) is 0 Å². The standard InChI is InChI=1S/C73H50N2Si/c1-6-24-52(25-7-1)73(53-26-8-2-9-27-53)67-41-19-16-36-61(67)65-40-23-39-60(72(65)73)51-44-47-70-66(48-51)63-38-18-21-43-69(63)74(70)55-45-46-64-62-37-17-20-42-68(62)75(71(64)50-55)54-28-22-35-59(49-54)76(56-29-10-3-11-30-56,57-31-12-4-13-32-57)58-33-14-5-15-34-58/h1-50H. The molecular weight excluding hydrogens is 933 g/mol. The van der Waals surface area contributed by atoms with E-state index >= 15 is 0 Å². The molecule has 1 aliphatic carbocycles. The molecule has 1 aliphatic rings. The van der Waals surface area contributed by atoms with Gasteiger partial charge < -0.3 is 9.13 Å². The van der Waals surface area contributed by atoms with Crippen molar-refractivity contribution in [2.45, 2.75) is 5.41 Å². The molecule has 0 saturated carbocycles. The van der Waals surface area contributed by atoms with Crippen LogP contribution in [0.5, 0.6) is 0 Å². The first-order valence-corrected chi connectivity index (χ1v) is 28.4. The predicted molar refractivity (Wildman–Crippen MR) is 321 cm³/mol. The third kappa shape index (κ3) is 6.40. The monoisotopic (exact) mass is 982 g/mol. The van der Waals surface area contributed by atoms with Crippen LogP contribution in [0.3, 0.4) is 0 Å². The van der Waals surface area contributed by atoms with Gasteiger partial charge in [0, 0.05) is 32.9 Å². The molecule has 0 unspecified atom stereocenters. The maximum Gasteiger partial charge on any atom is 0.179 e. The maximum atomic E-state index is 2.50. The molecule has 356 valence electrons. The van der Waals surface area contributed by atoms with Crippen molar-refractivity contribution in [1.82, 2.24) is 9.13 Å². The average Bonchev–Trinajstić information content (AvgIpc) is 4.19. The first-order chi connectivity index (χ1) is 37.7. The van der Waals surface area contributed by atoms with Gasteiger partial charge in [-0.2, -0.15) is 0 Å². The van der Waals surface area contributed by atoms with Gasteiger partial charge in [0.2, 0.25) is 0 Å². The zero-order chi connectivity index (χ0) is 50.2. The van der Waals surface area contributed by atoms with E-state index in [1.165, 1.54) is 109 Å². The average molecular weight is 983 g/mol. The molecule has 76 heavy (non-hydrogen) atoms. The van der Waals surface area contributed by atoms with Crippen LogP contribution in [0.2, 0.25) is 0 Å². The van der Waals surface area contributed by atoms with Crippen LogP contribution < -0.4 is 20.7 Å². The van der Waals surface area contributed by atoms with E-state index in [-0.39, 0.29) is 0 Å². The van der Waals surface area contributed by atoms with Crippen LogP contribution in [0.1, 0.15) is 22.3 Å². The van der Waals surface area contributed by atoms with E-state index in [1.807, 2.05) is 0 Å². The Morgan fingerprint density at radius 1 is 0.263 bits per heavy atom. The summed E-state index contributed by atoms with van der Waals surface area (Å²) in [5, 5.41) is 10.3. The summed E-state index contributed by atoms with van der Waals surface area (Å²) in [5.41, 5.74) is 16.6. The van der Waals surface area contributed by atoms with Crippen LogP contribution in [-0.2, 0) is 5.41 Å². The number of rotatable bonds is 9. The Morgan fingerprint density at radius 3 is 1.34 bits per heavy atom. The van der Waals surface area contributed by atoms with Crippen molar-refractivity contribution in [3.05, 3.63) is 326 Å². The number of fused-ring (bicyclic) bond motifs is 9. The number of hydrogen-bond donors (Lipinski definition) is 0. The second-order valence-electron chi connectivity index (χ2n) is 20.3. The molecule has 0 bridgehead atoms. The van der Waals surface area contributed by atoms with E-state index in [9.17, 15) is 0 Å². The Morgan fingerprint density at radius 2 is 0.711 bits per heavy atom. The molecule has 0 atom stereocenters. The molecule has 2 heterocycles. The van der Waals surface area contributed by atoms with Gasteiger partial charge >= 0.3 is 0 Å². The topological polar surface area (TPSA) is 9.86 Å². The minimum Gasteiger partial charge on any atom is -0.309 e. The molecular formula is C73H50N2Si. The van der Waals surface area contributed by atoms with Crippen LogP contribution in [0.15, 0.2) is 303 Å². The number of aromatic nitrogens is 2. The summed E-state index contributed by atoms with van der Waals surface area (Å²) < 4.78 is 4.98. The number of nitrogens with zero attached hydrogens (tertiary/aromatic N) is 2. The summed E-state index contributed by atoms with van der Waals surface area (Å²) in [6.45, 7) is 0. The SMILES string of the molecule is c1ccc(C2(c3ccccc3)c3ccccc3-c3cccc(-c4ccc5c(c4)c4ccccc4n5-c4ccc5c6ccccc6n(-c6cccc([Si](c7ccccc7)(c7ccccc7)c7ccccc7)c6)c5c4)c32)cc1. The van der Waals surface area contributed by atoms with Crippen molar-refractivity contribution in [2.24, 2.45) is 0 Å². The Hall–Kier alpha value is -9.54. The highest BCUT2D eigenvalue weighted by atomic mass is 28.3.